The number of aromatic nitrogens is 2. The summed E-state index contributed by atoms with van der Waals surface area (Å²) in [6.45, 7) is 0. The van der Waals surface area contributed by atoms with Crippen LogP contribution in [0.5, 0.6) is 0 Å². The molecule has 130 valence electrons. The van der Waals surface area contributed by atoms with E-state index in [9.17, 15) is 10.1 Å². The van der Waals surface area contributed by atoms with Gasteiger partial charge in [-0.3, -0.25) is 4.79 Å². The minimum Gasteiger partial charge on any atom is -0.300 e. The SMILES string of the molecule is N#Cc1c(-c2cccc3ccccc23)nc(SCc2ccccc2)[nH]c1=O. The zero-order valence-corrected chi connectivity index (χ0v) is 15.2. The predicted molar refractivity (Wildman–Crippen MR) is 109 cm³/mol. The highest BCUT2D eigenvalue weighted by atomic mass is 32.2. The number of hydrogen-bond acceptors (Lipinski definition) is 4. The quantitative estimate of drug-likeness (QED) is 0.416. The van der Waals surface area contributed by atoms with Crippen LogP contribution in [0.1, 0.15) is 11.1 Å². The number of benzene rings is 3. The molecule has 0 amide bonds. The molecule has 0 radical (unpaired) electrons. The van der Waals surface area contributed by atoms with Gasteiger partial charge in [0.2, 0.25) is 0 Å². The first-order chi connectivity index (χ1) is 13.3. The second-order valence-corrected chi connectivity index (χ2v) is 6.97. The number of nitriles is 1. The lowest BCUT2D eigenvalue weighted by molar-refractivity contribution is 0.935. The third-order valence-corrected chi connectivity index (χ3v) is 5.22. The van der Waals surface area contributed by atoms with Gasteiger partial charge in [0.25, 0.3) is 5.56 Å². The van der Waals surface area contributed by atoms with E-state index in [-0.39, 0.29) is 5.56 Å². The van der Waals surface area contributed by atoms with Gasteiger partial charge in [-0.15, -0.1) is 0 Å². The lowest BCUT2D eigenvalue weighted by atomic mass is 10.00. The van der Waals surface area contributed by atoms with Gasteiger partial charge in [0, 0.05) is 11.3 Å². The van der Waals surface area contributed by atoms with Gasteiger partial charge in [0.05, 0.1) is 5.69 Å². The minimum absolute atomic E-state index is 0.0374. The molecule has 0 aliphatic rings. The molecule has 4 aromatic rings. The van der Waals surface area contributed by atoms with Gasteiger partial charge in [0.1, 0.15) is 11.6 Å². The highest BCUT2D eigenvalue weighted by Crippen LogP contribution is 2.30. The number of nitrogens with zero attached hydrogens (tertiary/aromatic N) is 2. The molecule has 0 aliphatic heterocycles. The molecule has 0 saturated carbocycles. The van der Waals surface area contributed by atoms with E-state index < -0.39 is 5.56 Å². The van der Waals surface area contributed by atoms with Crippen LogP contribution in [0.15, 0.2) is 82.7 Å². The molecule has 5 heteroatoms. The number of nitrogens with one attached hydrogen (secondary N) is 1. The summed E-state index contributed by atoms with van der Waals surface area (Å²) in [5.74, 6) is 0.685. The van der Waals surface area contributed by atoms with Crippen LogP contribution in [0.4, 0.5) is 0 Å². The Balaban J connectivity index is 1.81. The van der Waals surface area contributed by atoms with E-state index in [1.54, 1.807) is 0 Å². The zero-order chi connectivity index (χ0) is 18.6. The number of fused-ring (bicyclic) bond motifs is 1. The summed E-state index contributed by atoms with van der Waals surface area (Å²) in [5.41, 5.74) is 1.98. The minimum atomic E-state index is -0.411. The average molecular weight is 369 g/mol. The van der Waals surface area contributed by atoms with E-state index >= 15 is 0 Å². The van der Waals surface area contributed by atoms with Crippen LogP contribution in [-0.4, -0.2) is 9.97 Å². The summed E-state index contributed by atoms with van der Waals surface area (Å²) in [6, 6.07) is 25.7. The van der Waals surface area contributed by atoms with E-state index in [0.717, 1.165) is 21.9 Å². The van der Waals surface area contributed by atoms with E-state index in [1.165, 1.54) is 11.8 Å². The van der Waals surface area contributed by atoms with Crippen molar-refractivity contribution in [2.24, 2.45) is 0 Å². The largest absolute Gasteiger partial charge is 0.300 e. The number of hydrogen-bond donors (Lipinski definition) is 1. The molecular weight excluding hydrogens is 354 g/mol. The first-order valence-corrected chi connectivity index (χ1v) is 9.44. The Kier molecular flexibility index (Phi) is 4.73. The molecule has 27 heavy (non-hydrogen) atoms. The summed E-state index contributed by atoms with van der Waals surface area (Å²) in [7, 11) is 0. The Labute approximate surface area is 160 Å². The third kappa shape index (κ3) is 3.48. The molecule has 0 bridgehead atoms. The van der Waals surface area contributed by atoms with Crippen molar-refractivity contribution < 1.29 is 0 Å². The van der Waals surface area contributed by atoms with Crippen LogP contribution < -0.4 is 5.56 Å². The smallest absolute Gasteiger partial charge is 0.270 e. The molecule has 1 heterocycles. The summed E-state index contributed by atoms with van der Waals surface area (Å²) in [4.78, 5) is 19.8. The highest BCUT2D eigenvalue weighted by Gasteiger charge is 2.15. The molecule has 0 atom stereocenters. The Hall–Kier alpha value is -3.36. The van der Waals surface area contributed by atoms with E-state index in [2.05, 4.69) is 9.97 Å². The Morgan fingerprint density at radius 3 is 2.52 bits per heavy atom. The summed E-state index contributed by atoms with van der Waals surface area (Å²) >= 11 is 1.45. The van der Waals surface area contributed by atoms with Crippen LogP contribution in [0.2, 0.25) is 0 Å². The van der Waals surface area contributed by atoms with Gasteiger partial charge in [-0.25, -0.2) is 4.98 Å². The van der Waals surface area contributed by atoms with Gasteiger partial charge >= 0.3 is 0 Å². The average Bonchev–Trinajstić information content (AvgIpc) is 2.72. The fourth-order valence-electron chi connectivity index (χ4n) is 2.98. The van der Waals surface area contributed by atoms with Crippen molar-refractivity contribution in [1.82, 2.24) is 9.97 Å². The van der Waals surface area contributed by atoms with E-state index in [1.807, 2.05) is 78.9 Å². The molecule has 4 rings (SSSR count). The fraction of sp³-hybridized carbons (Fsp3) is 0.0455. The van der Waals surface area contributed by atoms with Gasteiger partial charge in [-0.2, -0.15) is 5.26 Å². The maximum Gasteiger partial charge on any atom is 0.270 e. The van der Waals surface area contributed by atoms with Gasteiger partial charge < -0.3 is 4.98 Å². The first-order valence-electron chi connectivity index (χ1n) is 8.45. The first kappa shape index (κ1) is 17.1. The monoisotopic (exact) mass is 369 g/mol. The molecule has 0 saturated heterocycles. The van der Waals surface area contributed by atoms with Crippen molar-refractivity contribution in [2.75, 3.05) is 0 Å². The molecule has 0 unspecified atom stereocenters. The maximum atomic E-state index is 12.5. The van der Waals surface area contributed by atoms with Crippen LogP contribution in [0, 0.1) is 11.3 Å². The zero-order valence-electron chi connectivity index (χ0n) is 14.3. The normalized spacial score (nSPS) is 10.6. The van der Waals surface area contributed by atoms with Crippen molar-refractivity contribution in [2.45, 2.75) is 10.9 Å². The predicted octanol–water partition coefficient (Wildman–Crippen LogP) is 4.75. The molecule has 1 aromatic heterocycles. The second kappa shape index (κ2) is 7.48. The van der Waals surface area contributed by atoms with Crippen molar-refractivity contribution in [1.29, 1.82) is 5.26 Å². The molecular formula is C22H15N3OS. The van der Waals surface area contributed by atoms with Gasteiger partial charge in [-0.1, -0.05) is 84.6 Å². The van der Waals surface area contributed by atoms with Crippen molar-refractivity contribution in [3.8, 4) is 17.3 Å². The lowest BCUT2D eigenvalue weighted by Crippen LogP contribution is -2.14. The van der Waals surface area contributed by atoms with Crippen molar-refractivity contribution in [3.05, 3.63) is 94.3 Å². The molecule has 0 fully saturated rings. The number of aromatic amines is 1. The summed E-state index contributed by atoms with van der Waals surface area (Å²) in [6.07, 6.45) is 0. The molecule has 1 N–H and O–H groups in total. The highest BCUT2D eigenvalue weighted by molar-refractivity contribution is 7.98. The summed E-state index contributed by atoms with van der Waals surface area (Å²) < 4.78 is 0. The molecule has 3 aromatic carbocycles. The van der Waals surface area contributed by atoms with Crippen molar-refractivity contribution >= 4 is 22.5 Å². The Morgan fingerprint density at radius 2 is 1.70 bits per heavy atom. The van der Waals surface area contributed by atoms with Crippen LogP contribution in [0.3, 0.4) is 0 Å². The van der Waals surface area contributed by atoms with E-state index in [4.69, 9.17) is 0 Å². The standard InChI is InChI=1S/C22H15N3OS/c23-13-19-20(18-12-6-10-16-9-4-5-11-17(16)18)24-22(25-21(19)26)27-14-15-7-2-1-3-8-15/h1-12H,14H2,(H,24,25,26). The number of H-pyrrole nitrogens is 1. The number of thioether (sulfide) groups is 1. The van der Waals surface area contributed by atoms with Gasteiger partial charge in [-0.05, 0) is 16.3 Å². The third-order valence-electron chi connectivity index (χ3n) is 4.27. The van der Waals surface area contributed by atoms with Crippen LogP contribution in [-0.2, 0) is 5.75 Å². The number of rotatable bonds is 4. The Morgan fingerprint density at radius 1 is 0.963 bits per heavy atom. The maximum absolute atomic E-state index is 12.5. The lowest BCUT2D eigenvalue weighted by Gasteiger charge is -2.09. The molecule has 0 spiro atoms. The van der Waals surface area contributed by atoms with Crippen LogP contribution in [0.25, 0.3) is 22.0 Å². The van der Waals surface area contributed by atoms with E-state index in [0.29, 0.717) is 16.6 Å². The Bertz CT molecular complexity index is 1200. The van der Waals surface area contributed by atoms with Crippen LogP contribution >= 0.6 is 11.8 Å². The fourth-order valence-corrected chi connectivity index (χ4v) is 3.79. The molecule has 4 nitrogen and oxygen atoms in total. The summed E-state index contributed by atoms with van der Waals surface area (Å²) in [5, 5.41) is 12.0. The second-order valence-electron chi connectivity index (χ2n) is 6.01. The topological polar surface area (TPSA) is 69.5 Å². The van der Waals surface area contributed by atoms with Crippen molar-refractivity contribution in [3.63, 3.8) is 0 Å². The van der Waals surface area contributed by atoms with Gasteiger partial charge in [0.15, 0.2) is 5.16 Å². The molecule has 0 aliphatic carbocycles.